The lowest BCUT2D eigenvalue weighted by molar-refractivity contribution is 0.0000477. The minimum Gasteiger partial charge on any atom is -0.493 e. The van der Waals surface area contributed by atoms with Crippen LogP contribution in [0, 0.1) is 6.92 Å². The van der Waals surface area contributed by atoms with E-state index in [-0.39, 0.29) is 11.7 Å². The van der Waals surface area contributed by atoms with Gasteiger partial charge in [0.05, 0.1) is 24.3 Å². The molecule has 0 bridgehead atoms. The maximum Gasteiger partial charge on any atom is 0.245 e. The Balaban J connectivity index is 1.28. The van der Waals surface area contributed by atoms with Gasteiger partial charge in [0, 0.05) is 36.3 Å². The number of fused-ring (bicyclic) bond motifs is 1. The van der Waals surface area contributed by atoms with Crippen LogP contribution in [0.2, 0.25) is 5.02 Å². The molecule has 0 unspecified atom stereocenters. The lowest BCUT2D eigenvalue weighted by Crippen LogP contribution is -2.50. The summed E-state index contributed by atoms with van der Waals surface area (Å²) in [6.45, 7) is 7.63. The maximum atomic E-state index is 9.41. The molecule has 2 aliphatic rings. The topological polar surface area (TPSA) is 98.4 Å². The van der Waals surface area contributed by atoms with Gasteiger partial charge in [-0.25, -0.2) is 15.0 Å². The van der Waals surface area contributed by atoms with Crippen molar-refractivity contribution in [2.45, 2.75) is 51.4 Å². The number of hydrogen-bond acceptors (Lipinski definition) is 9. The van der Waals surface area contributed by atoms with Crippen LogP contribution in [0.3, 0.4) is 0 Å². The molecule has 6 rings (SSSR count). The fourth-order valence-corrected chi connectivity index (χ4v) is 5.47. The van der Waals surface area contributed by atoms with E-state index < -0.39 is 0 Å². The van der Waals surface area contributed by atoms with Crippen molar-refractivity contribution in [3.05, 3.63) is 45.6 Å². The summed E-state index contributed by atoms with van der Waals surface area (Å²) in [5.74, 6) is 1.88. The van der Waals surface area contributed by atoms with Gasteiger partial charge in [0.25, 0.3) is 0 Å². The normalized spacial score (nSPS) is 17.2. The van der Waals surface area contributed by atoms with Crippen LogP contribution in [0.4, 0.5) is 0 Å². The first kappa shape index (κ1) is 24.5. The molecule has 0 atom stereocenters. The van der Waals surface area contributed by atoms with Crippen molar-refractivity contribution in [2.75, 3.05) is 26.2 Å². The number of aliphatic hydroxyl groups is 1. The average Bonchev–Trinajstić information content (AvgIpc) is 3.25. The number of aryl methyl sites for hydroxylation is 1. The number of hydrogen-bond donors (Lipinski definition) is 1. The molecule has 0 radical (unpaired) electrons. The van der Waals surface area contributed by atoms with E-state index in [4.69, 9.17) is 26.1 Å². The largest absolute Gasteiger partial charge is 0.493 e. The predicted molar refractivity (Wildman–Crippen MR) is 143 cm³/mol. The molecule has 2 fully saturated rings. The van der Waals surface area contributed by atoms with Crippen molar-refractivity contribution < 1.29 is 14.6 Å². The number of nitrogens with zero attached hydrogens (tertiary/aromatic N) is 6. The van der Waals surface area contributed by atoms with E-state index in [2.05, 4.69) is 26.8 Å². The fraction of sp³-hybridized carbons (Fsp3) is 0.462. The second kappa shape index (κ2) is 9.83. The molecule has 1 aromatic carbocycles. The van der Waals surface area contributed by atoms with Crippen LogP contribution in [-0.4, -0.2) is 72.5 Å². The molecule has 9 nitrogen and oxygen atoms in total. The first-order valence-electron chi connectivity index (χ1n) is 12.5. The smallest absolute Gasteiger partial charge is 0.245 e. The number of β-amino-alcohol motifs (C(OH)–C–C–N with tert-alkyl or cyclic N) is 1. The van der Waals surface area contributed by atoms with Gasteiger partial charge in [-0.3, -0.25) is 4.90 Å². The van der Waals surface area contributed by atoms with Crippen LogP contribution in [-0.2, 0) is 6.54 Å². The van der Waals surface area contributed by atoms with Crippen molar-refractivity contribution in [3.63, 3.8) is 0 Å². The van der Waals surface area contributed by atoms with Gasteiger partial charge >= 0.3 is 0 Å². The molecule has 37 heavy (non-hydrogen) atoms. The summed E-state index contributed by atoms with van der Waals surface area (Å²) >= 11 is 8.43. The van der Waals surface area contributed by atoms with Gasteiger partial charge in [0.15, 0.2) is 11.2 Å². The quantitative estimate of drug-likeness (QED) is 0.297. The molecule has 0 spiro atoms. The van der Waals surface area contributed by atoms with Crippen molar-refractivity contribution in [1.29, 1.82) is 0 Å². The molecule has 1 aliphatic heterocycles. The summed E-state index contributed by atoms with van der Waals surface area (Å²) in [5.41, 5.74) is 1.89. The highest BCUT2D eigenvalue weighted by Gasteiger charge is 2.41. The Kier molecular flexibility index (Phi) is 6.52. The predicted octanol–water partition coefficient (Wildman–Crippen LogP) is 4.34. The van der Waals surface area contributed by atoms with Gasteiger partial charge in [-0.15, -0.1) is 11.3 Å². The number of thiazole rings is 1. The number of rotatable bonds is 10. The van der Waals surface area contributed by atoms with Crippen molar-refractivity contribution in [2.24, 2.45) is 0 Å². The molecule has 11 heteroatoms. The molecule has 4 heterocycles. The van der Waals surface area contributed by atoms with E-state index >= 15 is 0 Å². The van der Waals surface area contributed by atoms with Crippen LogP contribution in [0.1, 0.15) is 36.1 Å². The molecular formula is C26H29ClN6O3S. The van der Waals surface area contributed by atoms with Gasteiger partial charge in [0.1, 0.15) is 28.5 Å². The highest BCUT2D eigenvalue weighted by molar-refractivity contribution is 7.11. The summed E-state index contributed by atoms with van der Waals surface area (Å²) in [6, 6.07) is 5.68. The van der Waals surface area contributed by atoms with Crippen LogP contribution >= 0.6 is 22.9 Å². The zero-order chi connectivity index (χ0) is 25.6. The molecule has 3 aromatic heterocycles. The van der Waals surface area contributed by atoms with Crippen molar-refractivity contribution in [1.82, 2.24) is 29.4 Å². The average molecular weight is 541 g/mol. The zero-order valence-electron chi connectivity index (χ0n) is 20.9. The first-order valence-corrected chi connectivity index (χ1v) is 13.7. The Morgan fingerprint density at radius 3 is 2.76 bits per heavy atom. The maximum absolute atomic E-state index is 9.41. The Labute approximate surface area is 224 Å². The van der Waals surface area contributed by atoms with Gasteiger partial charge in [0.2, 0.25) is 5.88 Å². The molecule has 0 amide bonds. The highest BCUT2D eigenvalue weighted by Crippen LogP contribution is 2.41. The van der Waals surface area contributed by atoms with E-state index in [1.54, 1.807) is 11.3 Å². The third-order valence-electron chi connectivity index (χ3n) is 6.76. The first-order chi connectivity index (χ1) is 17.9. The van der Waals surface area contributed by atoms with Gasteiger partial charge in [-0.05, 0) is 51.3 Å². The number of aliphatic hydroxyl groups excluding tert-OH is 1. The van der Waals surface area contributed by atoms with Crippen LogP contribution in [0.25, 0.3) is 22.6 Å². The van der Waals surface area contributed by atoms with E-state index in [0.29, 0.717) is 46.8 Å². The third kappa shape index (κ3) is 5.29. The second-order valence-electron chi connectivity index (χ2n) is 10.0. The number of aromatic nitrogens is 5. The number of imidazole rings is 1. The van der Waals surface area contributed by atoms with Crippen LogP contribution in [0.15, 0.2) is 30.7 Å². The summed E-state index contributed by atoms with van der Waals surface area (Å²) in [6.07, 6.45) is 6.10. The number of benzene rings is 1. The summed E-state index contributed by atoms with van der Waals surface area (Å²) in [5, 5.41) is 10.9. The second-order valence-corrected chi connectivity index (χ2v) is 11.8. The Bertz CT molecular complexity index is 1430. The highest BCUT2D eigenvalue weighted by atomic mass is 35.5. The Morgan fingerprint density at radius 1 is 1.22 bits per heavy atom. The van der Waals surface area contributed by atoms with Gasteiger partial charge < -0.3 is 19.1 Å². The Morgan fingerprint density at radius 2 is 2.05 bits per heavy atom. The minimum absolute atomic E-state index is 0.179. The molecule has 1 saturated carbocycles. The summed E-state index contributed by atoms with van der Waals surface area (Å²) < 4.78 is 14.2. The molecular weight excluding hydrogens is 512 g/mol. The van der Waals surface area contributed by atoms with Crippen LogP contribution in [0.5, 0.6) is 11.6 Å². The van der Waals surface area contributed by atoms with Crippen molar-refractivity contribution in [3.8, 4) is 23.0 Å². The monoisotopic (exact) mass is 540 g/mol. The van der Waals surface area contributed by atoms with E-state index in [1.807, 2.05) is 35.9 Å². The summed E-state index contributed by atoms with van der Waals surface area (Å²) in [7, 11) is 0. The Hall–Kier alpha value is -2.79. The van der Waals surface area contributed by atoms with E-state index in [0.717, 1.165) is 54.3 Å². The SMILES string of the molecule is Cc1cnc(Cn2c(-c3ccc(OCCCN4CC(O)C4)cc3Cl)nc3c(OC4(C)CC4)ncnc32)s1. The van der Waals surface area contributed by atoms with E-state index in [1.165, 1.54) is 6.33 Å². The number of likely N-dealkylation sites (tertiary alicyclic amines) is 1. The molecule has 194 valence electrons. The molecule has 1 saturated heterocycles. The van der Waals surface area contributed by atoms with E-state index in [9.17, 15) is 5.11 Å². The third-order valence-corrected chi connectivity index (χ3v) is 7.98. The standard InChI is InChI=1S/C26H29ClN6O3S/c1-16-11-28-21(37-16)14-33-23(31-22-24(33)29-15-30-25(22)36-26(2)6-7-26)19-5-4-18(10-20(19)27)35-9-3-8-32-12-17(34)13-32/h4-5,10-11,15,17,34H,3,6-9,12-14H2,1-2H3. The number of ether oxygens (including phenoxy) is 2. The zero-order valence-corrected chi connectivity index (χ0v) is 22.4. The molecule has 4 aromatic rings. The van der Waals surface area contributed by atoms with Crippen molar-refractivity contribution >= 4 is 34.1 Å². The lowest BCUT2D eigenvalue weighted by Gasteiger charge is -2.35. The molecule has 1 N–H and O–H groups in total. The summed E-state index contributed by atoms with van der Waals surface area (Å²) in [4.78, 5) is 21.8. The van der Waals surface area contributed by atoms with Gasteiger partial charge in [-0.1, -0.05) is 11.6 Å². The lowest BCUT2D eigenvalue weighted by atomic mass is 10.1. The number of halogens is 1. The fourth-order valence-electron chi connectivity index (χ4n) is 4.44. The van der Waals surface area contributed by atoms with Crippen LogP contribution < -0.4 is 9.47 Å². The van der Waals surface area contributed by atoms with Gasteiger partial charge in [-0.2, -0.15) is 4.98 Å². The molecule has 1 aliphatic carbocycles. The minimum atomic E-state index is -0.191.